The van der Waals surface area contributed by atoms with Crippen LogP contribution in [0.15, 0.2) is 42.6 Å². The molecular weight excluding hydrogens is 316 g/mol. The lowest BCUT2D eigenvalue weighted by atomic mass is 10.0. The topological polar surface area (TPSA) is 68.5 Å². The van der Waals surface area contributed by atoms with Crippen LogP contribution >= 0.6 is 0 Å². The molecule has 1 N–H and O–H groups in total. The zero-order valence-corrected chi connectivity index (χ0v) is 14.7. The van der Waals surface area contributed by atoms with Crippen LogP contribution < -0.4 is 10.1 Å². The predicted octanol–water partition coefficient (Wildman–Crippen LogP) is 3.18. The smallest absolute Gasteiger partial charge is 0.271 e. The molecule has 1 aromatic carbocycles. The standard InChI is InChI=1S/C19H22N4O2/c1-4-25-18-10-9-17-21-16(12-23(17)22-18)19(24)20-11-14-5-7-15(8-6-14)13(2)3/h5-10,12-13H,4,11H2,1-3H3,(H,20,24). The van der Waals surface area contributed by atoms with Crippen LogP contribution in [0.2, 0.25) is 0 Å². The van der Waals surface area contributed by atoms with Gasteiger partial charge in [0.15, 0.2) is 5.65 Å². The molecule has 0 unspecified atom stereocenters. The second kappa shape index (κ2) is 7.34. The predicted molar refractivity (Wildman–Crippen MR) is 95.9 cm³/mol. The largest absolute Gasteiger partial charge is 0.477 e. The lowest BCUT2D eigenvalue weighted by Gasteiger charge is -2.07. The van der Waals surface area contributed by atoms with Gasteiger partial charge < -0.3 is 10.1 Å². The monoisotopic (exact) mass is 338 g/mol. The molecule has 25 heavy (non-hydrogen) atoms. The number of aromatic nitrogens is 3. The fourth-order valence-corrected chi connectivity index (χ4v) is 2.49. The summed E-state index contributed by atoms with van der Waals surface area (Å²) in [5.41, 5.74) is 3.28. The molecule has 0 spiro atoms. The number of hydrogen-bond acceptors (Lipinski definition) is 4. The fraction of sp³-hybridized carbons (Fsp3) is 0.316. The molecular formula is C19H22N4O2. The summed E-state index contributed by atoms with van der Waals surface area (Å²) < 4.78 is 6.91. The molecule has 0 bridgehead atoms. The molecule has 3 rings (SSSR count). The molecule has 130 valence electrons. The van der Waals surface area contributed by atoms with Crippen LogP contribution in [0, 0.1) is 0 Å². The highest BCUT2D eigenvalue weighted by molar-refractivity contribution is 5.92. The van der Waals surface area contributed by atoms with E-state index >= 15 is 0 Å². The maximum absolute atomic E-state index is 12.3. The number of carbonyl (C=O) groups is 1. The number of amides is 1. The van der Waals surface area contributed by atoms with Gasteiger partial charge in [0.2, 0.25) is 5.88 Å². The molecule has 6 nitrogen and oxygen atoms in total. The van der Waals surface area contributed by atoms with Crippen molar-refractivity contribution in [2.45, 2.75) is 33.2 Å². The zero-order valence-electron chi connectivity index (χ0n) is 14.7. The molecule has 0 aliphatic carbocycles. The average Bonchev–Trinajstić information content (AvgIpc) is 3.03. The van der Waals surface area contributed by atoms with Crippen molar-refractivity contribution in [3.05, 3.63) is 59.4 Å². The summed E-state index contributed by atoms with van der Waals surface area (Å²) in [6, 6.07) is 11.8. The summed E-state index contributed by atoms with van der Waals surface area (Å²) in [7, 11) is 0. The van der Waals surface area contributed by atoms with E-state index in [9.17, 15) is 4.79 Å². The molecule has 0 aliphatic heterocycles. The number of benzene rings is 1. The Morgan fingerprint density at radius 2 is 1.96 bits per heavy atom. The van der Waals surface area contributed by atoms with Crippen LogP contribution in [-0.4, -0.2) is 27.1 Å². The lowest BCUT2D eigenvalue weighted by Crippen LogP contribution is -2.23. The van der Waals surface area contributed by atoms with Gasteiger partial charge in [0.1, 0.15) is 5.69 Å². The Hall–Kier alpha value is -2.89. The van der Waals surface area contributed by atoms with E-state index in [1.54, 1.807) is 22.8 Å². The second-order valence-electron chi connectivity index (χ2n) is 6.11. The van der Waals surface area contributed by atoms with E-state index in [0.29, 0.717) is 36.3 Å². The maximum atomic E-state index is 12.3. The first-order chi connectivity index (χ1) is 12.1. The molecule has 0 saturated heterocycles. The Morgan fingerprint density at radius 1 is 1.20 bits per heavy atom. The SMILES string of the molecule is CCOc1ccc2nc(C(=O)NCc3ccc(C(C)C)cc3)cn2n1. The number of fused-ring (bicyclic) bond motifs is 1. The van der Waals surface area contributed by atoms with Gasteiger partial charge in [-0.1, -0.05) is 38.1 Å². The fourth-order valence-electron chi connectivity index (χ4n) is 2.49. The molecule has 0 fully saturated rings. The minimum Gasteiger partial charge on any atom is -0.477 e. The molecule has 0 radical (unpaired) electrons. The van der Waals surface area contributed by atoms with E-state index in [1.165, 1.54) is 5.56 Å². The van der Waals surface area contributed by atoms with Crippen LogP contribution in [0.25, 0.3) is 5.65 Å². The zero-order chi connectivity index (χ0) is 17.8. The number of nitrogens with one attached hydrogen (secondary N) is 1. The first-order valence-electron chi connectivity index (χ1n) is 8.43. The Kier molecular flexibility index (Phi) is 4.97. The van der Waals surface area contributed by atoms with Gasteiger partial charge in [-0.05, 0) is 30.0 Å². The van der Waals surface area contributed by atoms with Crippen LogP contribution in [-0.2, 0) is 6.54 Å². The summed E-state index contributed by atoms with van der Waals surface area (Å²) in [5, 5.41) is 7.16. The first kappa shape index (κ1) is 17.0. The summed E-state index contributed by atoms with van der Waals surface area (Å²) in [6.07, 6.45) is 1.61. The maximum Gasteiger partial charge on any atom is 0.271 e. The molecule has 6 heteroatoms. The highest BCUT2D eigenvalue weighted by Gasteiger charge is 2.12. The third-order valence-corrected chi connectivity index (χ3v) is 3.92. The number of imidazole rings is 1. The van der Waals surface area contributed by atoms with Crippen LogP contribution in [0.5, 0.6) is 5.88 Å². The van der Waals surface area contributed by atoms with Crippen molar-refractivity contribution in [2.24, 2.45) is 0 Å². The molecule has 1 amide bonds. The molecule has 0 saturated carbocycles. The minimum atomic E-state index is -0.226. The average molecular weight is 338 g/mol. The van der Waals surface area contributed by atoms with E-state index in [-0.39, 0.29) is 5.91 Å². The summed E-state index contributed by atoms with van der Waals surface area (Å²) in [6.45, 7) is 7.21. The summed E-state index contributed by atoms with van der Waals surface area (Å²) in [5.74, 6) is 0.775. The van der Waals surface area contributed by atoms with Gasteiger partial charge in [-0.15, -0.1) is 5.10 Å². The quantitative estimate of drug-likeness (QED) is 0.749. The van der Waals surface area contributed by atoms with Crippen LogP contribution in [0.1, 0.15) is 48.3 Å². The molecule has 2 heterocycles. The highest BCUT2D eigenvalue weighted by Crippen LogP contribution is 2.15. The minimum absolute atomic E-state index is 0.226. The van der Waals surface area contributed by atoms with Crippen molar-refractivity contribution < 1.29 is 9.53 Å². The number of rotatable bonds is 6. The van der Waals surface area contributed by atoms with Crippen LogP contribution in [0.4, 0.5) is 0 Å². The first-order valence-corrected chi connectivity index (χ1v) is 8.43. The van der Waals surface area contributed by atoms with Crippen molar-refractivity contribution in [2.75, 3.05) is 6.61 Å². The molecule has 2 aromatic heterocycles. The number of carbonyl (C=O) groups excluding carboxylic acids is 1. The summed E-state index contributed by atoms with van der Waals surface area (Å²) in [4.78, 5) is 16.6. The normalized spacial score (nSPS) is 11.0. The van der Waals surface area contributed by atoms with Crippen molar-refractivity contribution in [1.29, 1.82) is 0 Å². The van der Waals surface area contributed by atoms with Gasteiger partial charge in [-0.25, -0.2) is 9.50 Å². The van der Waals surface area contributed by atoms with E-state index in [1.807, 2.05) is 19.1 Å². The molecule has 3 aromatic rings. The van der Waals surface area contributed by atoms with E-state index < -0.39 is 0 Å². The second-order valence-corrected chi connectivity index (χ2v) is 6.11. The van der Waals surface area contributed by atoms with Crippen molar-refractivity contribution in [3.63, 3.8) is 0 Å². The number of nitrogens with zero attached hydrogens (tertiary/aromatic N) is 3. The third kappa shape index (κ3) is 3.96. The van der Waals surface area contributed by atoms with Crippen molar-refractivity contribution in [1.82, 2.24) is 19.9 Å². The Labute approximate surface area is 146 Å². The van der Waals surface area contributed by atoms with Gasteiger partial charge in [0.05, 0.1) is 12.8 Å². The van der Waals surface area contributed by atoms with Gasteiger partial charge in [0, 0.05) is 12.6 Å². The van der Waals surface area contributed by atoms with Gasteiger partial charge in [-0.2, -0.15) is 0 Å². The Bertz CT molecular complexity index is 869. The lowest BCUT2D eigenvalue weighted by molar-refractivity contribution is 0.0946. The Morgan fingerprint density at radius 3 is 2.64 bits per heavy atom. The number of ether oxygens (including phenoxy) is 1. The molecule has 0 atom stereocenters. The third-order valence-electron chi connectivity index (χ3n) is 3.92. The van der Waals surface area contributed by atoms with Gasteiger partial charge in [-0.3, -0.25) is 4.79 Å². The van der Waals surface area contributed by atoms with Gasteiger partial charge >= 0.3 is 0 Å². The highest BCUT2D eigenvalue weighted by atomic mass is 16.5. The van der Waals surface area contributed by atoms with E-state index in [4.69, 9.17) is 4.74 Å². The van der Waals surface area contributed by atoms with E-state index in [0.717, 1.165) is 5.56 Å². The van der Waals surface area contributed by atoms with Crippen molar-refractivity contribution >= 4 is 11.6 Å². The number of hydrogen-bond donors (Lipinski definition) is 1. The molecule has 0 aliphatic rings. The van der Waals surface area contributed by atoms with E-state index in [2.05, 4.69) is 41.4 Å². The summed E-state index contributed by atoms with van der Waals surface area (Å²) >= 11 is 0. The van der Waals surface area contributed by atoms with Crippen LogP contribution in [0.3, 0.4) is 0 Å². The van der Waals surface area contributed by atoms with Gasteiger partial charge in [0.25, 0.3) is 5.91 Å². The Balaban J connectivity index is 1.67. The van der Waals surface area contributed by atoms with Crippen molar-refractivity contribution in [3.8, 4) is 5.88 Å².